The molecule has 0 aliphatic heterocycles. The van der Waals surface area contributed by atoms with Gasteiger partial charge in [0, 0.05) is 0 Å². The summed E-state index contributed by atoms with van der Waals surface area (Å²) < 4.78 is 28.4. The van der Waals surface area contributed by atoms with E-state index in [2.05, 4.69) is 13.0 Å². The maximum atomic E-state index is 10.4. The Hall–Kier alpha value is 1.35. The minimum atomic E-state index is -4.02. The molecule has 0 heterocycles. The summed E-state index contributed by atoms with van der Waals surface area (Å²) in [4.78, 5) is 0. The Balaban J connectivity index is 0.000000306. The second-order valence-corrected chi connectivity index (χ2v) is 16.2. The third-order valence-corrected chi connectivity index (χ3v) is 11.1. The fourth-order valence-electron chi connectivity index (χ4n) is 5.54. The van der Waals surface area contributed by atoms with Crippen molar-refractivity contribution < 1.29 is 52.7 Å². The van der Waals surface area contributed by atoms with E-state index in [1.807, 2.05) is 12.1 Å². The number of aliphatic hydroxyl groups is 1. The van der Waals surface area contributed by atoms with E-state index in [0.717, 1.165) is 25.2 Å². The van der Waals surface area contributed by atoms with Gasteiger partial charge in [0.2, 0.25) is 0 Å². The van der Waals surface area contributed by atoms with E-state index in [9.17, 15) is 23.2 Å². The van der Waals surface area contributed by atoms with Gasteiger partial charge in [-0.1, -0.05) is 58.2 Å². The Morgan fingerprint density at radius 3 is 2.46 bits per heavy atom. The normalized spacial score (nSPS) is 33.6. The average molecular weight is 642 g/mol. The van der Waals surface area contributed by atoms with Crippen molar-refractivity contribution in [2.75, 3.05) is 0 Å². The molecule has 0 amide bonds. The van der Waals surface area contributed by atoms with Crippen LogP contribution in [0.1, 0.15) is 56.1 Å². The molecule has 0 aromatic heterocycles. The molecular formula is C19H25I2NaO5S. The molecule has 5 nitrogen and oxygen atoms in total. The summed E-state index contributed by atoms with van der Waals surface area (Å²) in [6.45, 7) is 2.32. The summed E-state index contributed by atoms with van der Waals surface area (Å²) >= 11 is 3.07. The number of phenolic OH excluding ortho intramolecular Hbond substituents is 1. The van der Waals surface area contributed by atoms with E-state index < -0.39 is 11.4 Å². The second kappa shape index (κ2) is 9.87. The van der Waals surface area contributed by atoms with Gasteiger partial charge in [0.1, 0.15) is 15.9 Å². The first-order valence-electron chi connectivity index (χ1n) is 9.26. The van der Waals surface area contributed by atoms with Crippen molar-refractivity contribution in [3.05, 3.63) is 29.3 Å². The SMILES string of the molecule is C[C@]12CC[C@@H]3c4ccc(O)cc4CC[C@H]3[C@@H]1CC[C@@H]2O.O=S(=O)([O-])C(I)I.[Na+]. The van der Waals surface area contributed by atoms with Gasteiger partial charge in [-0.15, -0.1) is 0 Å². The van der Waals surface area contributed by atoms with E-state index in [1.165, 1.54) is 75.6 Å². The van der Waals surface area contributed by atoms with Crippen LogP contribution in [-0.4, -0.2) is 30.6 Å². The molecule has 0 saturated heterocycles. The van der Waals surface area contributed by atoms with Crippen LogP contribution in [0.2, 0.25) is 0 Å². The van der Waals surface area contributed by atoms with Gasteiger partial charge in [-0.05, 0) is 85.0 Å². The fraction of sp³-hybridized carbons (Fsp3) is 0.684. The topological polar surface area (TPSA) is 97.7 Å². The number of aliphatic hydroxyl groups excluding tert-OH is 1. The molecule has 3 aliphatic carbocycles. The molecule has 2 fully saturated rings. The Bertz CT molecular complexity index is 804. The largest absolute Gasteiger partial charge is 1.00 e. The number of benzene rings is 1. The molecule has 0 radical (unpaired) electrons. The van der Waals surface area contributed by atoms with E-state index >= 15 is 0 Å². The van der Waals surface area contributed by atoms with Crippen molar-refractivity contribution in [2.45, 2.75) is 58.7 Å². The van der Waals surface area contributed by atoms with Gasteiger partial charge in [0.05, 0.1) is 6.10 Å². The number of alkyl halides is 2. The average Bonchev–Trinajstić information content (AvgIpc) is 2.89. The van der Waals surface area contributed by atoms with E-state index in [1.54, 1.807) is 0 Å². The number of hydrogen-bond acceptors (Lipinski definition) is 5. The maximum absolute atomic E-state index is 10.4. The number of phenols is 1. The van der Waals surface area contributed by atoms with Crippen LogP contribution >= 0.6 is 45.2 Å². The molecule has 0 spiro atoms. The molecule has 2 N–H and O–H groups in total. The fourth-order valence-corrected chi connectivity index (χ4v) is 5.54. The first-order valence-corrected chi connectivity index (χ1v) is 13.2. The molecule has 4 rings (SSSR count). The Kier molecular flexibility index (Phi) is 9.03. The van der Waals surface area contributed by atoms with Crippen LogP contribution in [0.25, 0.3) is 0 Å². The smallest absolute Gasteiger partial charge is 0.747 e. The van der Waals surface area contributed by atoms with Crippen LogP contribution in [-0.2, 0) is 16.5 Å². The molecule has 28 heavy (non-hydrogen) atoms. The van der Waals surface area contributed by atoms with E-state index in [4.69, 9.17) is 0 Å². The predicted octanol–water partition coefficient (Wildman–Crippen LogP) is 1.30. The molecular weight excluding hydrogens is 617 g/mol. The van der Waals surface area contributed by atoms with E-state index in [0.29, 0.717) is 17.6 Å². The van der Waals surface area contributed by atoms with Crippen LogP contribution < -0.4 is 29.6 Å². The third kappa shape index (κ3) is 5.21. The van der Waals surface area contributed by atoms with Crippen molar-refractivity contribution in [1.29, 1.82) is 0 Å². The van der Waals surface area contributed by atoms with Gasteiger partial charge in [-0.2, -0.15) is 0 Å². The summed E-state index contributed by atoms with van der Waals surface area (Å²) in [6, 6.07) is 5.96. The first-order chi connectivity index (χ1) is 12.5. The Morgan fingerprint density at radius 2 is 1.86 bits per heavy atom. The van der Waals surface area contributed by atoms with Gasteiger partial charge in [0.15, 0.2) is 1.26 Å². The van der Waals surface area contributed by atoms with Crippen LogP contribution in [0.3, 0.4) is 0 Å². The molecule has 1 aromatic carbocycles. The number of hydrogen-bond donors (Lipinski definition) is 2. The minimum absolute atomic E-state index is 0. The second-order valence-electron chi connectivity index (χ2n) is 8.19. The molecule has 9 heteroatoms. The zero-order valence-electron chi connectivity index (χ0n) is 16.1. The zero-order chi connectivity index (χ0) is 20.0. The van der Waals surface area contributed by atoms with Gasteiger partial charge in [-0.25, -0.2) is 8.42 Å². The minimum Gasteiger partial charge on any atom is -0.747 e. The van der Waals surface area contributed by atoms with Gasteiger partial charge in [-0.3, -0.25) is 0 Å². The molecule has 0 unspecified atom stereocenters. The van der Waals surface area contributed by atoms with Crippen molar-refractivity contribution in [3.8, 4) is 5.75 Å². The maximum Gasteiger partial charge on any atom is 1.00 e. The van der Waals surface area contributed by atoms with Crippen LogP contribution in [0.15, 0.2) is 18.2 Å². The Morgan fingerprint density at radius 1 is 1.21 bits per heavy atom. The van der Waals surface area contributed by atoms with Crippen molar-refractivity contribution >= 4 is 55.3 Å². The quantitative estimate of drug-likeness (QED) is 0.209. The van der Waals surface area contributed by atoms with Crippen LogP contribution in [0.4, 0.5) is 0 Å². The van der Waals surface area contributed by atoms with Crippen LogP contribution in [0.5, 0.6) is 5.75 Å². The van der Waals surface area contributed by atoms with E-state index in [-0.39, 0.29) is 41.1 Å². The number of halogens is 2. The summed E-state index contributed by atoms with van der Waals surface area (Å²) in [5, 5.41) is 20.0. The van der Waals surface area contributed by atoms with Crippen LogP contribution in [0, 0.1) is 17.3 Å². The number of fused-ring (bicyclic) bond motifs is 5. The first kappa shape index (κ1) is 25.6. The summed E-state index contributed by atoms with van der Waals surface area (Å²) in [6.07, 6.45) is 6.78. The van der Waals surface area contributed by atoms with Gasteiger partial charge >= 0.3 is 29.6 Å². The molecule has 3 aliphatic rings. The summed E-state index contributed by atoms with van der Waals surface area (Å²) in [5.41, 5.74) is 2.99. The monoisotopic (exact) mass is 642 g/mol. The molecule has 1 aromatic rings. The standard InChI is InChI=1S/C18H24O2.CH2I2O3S.Na/c1-18-9-8-14-13-5-3-12(19)10-11(13)2-4-15(14)16(18)6-7-17(18)20;2-1(3)7(4,5)6;/h3,5,10,14-17,19-20H,2,4,6-9H2,1H3;1H,(H,4,5,6);/q;;+1/p-1/t14-,15-,16+,17+,18+;;/m1../s1. The number of aromatic hydroxyl groups is 1. The summed E-state index contributed by atoms with van der Waals surface area (Å²) in [7, 11) is -4.02. The van der Waals surface area contributed by atoms with Crippen molar-refractivity contribution in [3.63, 3.8) is 0 Å². The zero-order valence-corrected chi connectivity index (χ0v) is 23.3. The van der Waals surface area contributed by atoms with Gasteiger partial charge in [0.25, 0.3) is 0 Å². The third-order valence-electron chi connectivity index (χ3n) is 6.88. The predicted molar refractivity (Wildman–Crippen MR) is 120 cm³/mol. The molecule has 152 valence electrons. The molecule has 0 bridgehead atoms. The number of rotatable bonds is 1. The van der Waals surface area contributed by atoms with Crippen molar-refractivity contribution in [2.24, 2.45) is 17.3 Å². The number of aryl methyl sites for hydroxylation is 1. The summed E-state index contributed by atoms with van der Waals surface area (Å²) in [5.74, 6) is 2.49. The molecule has 5 atom stereocenters. The Labute approximate surface area is 216 Å². The molecule has 2 saturated carbocycles. The van der Waals surface area contributed by atoms with Crippen molar-refractivity contribution in [1.82, 2.24) is 0 Å². The van der Waals surface area contributed by atoms with Gasteiger partial charge < -0.3 is 14.8 Å².